The zero-order chi connectivity index (χ0) is 11.8. The van der Waals surface area contributed by atoms with Gasteiger partial charge in [-0.15, -0.1) is 0 Å². The van der Waals surface area contributed by atoms with E-state index < -0.39 is 0 Å². The van der Waals surface area contributed by atoms with Gasteiger partial charge < -0.3 is 0 Å². The lowest BCUT2D eigenvalue weighted by molar-refractivity contribution is 0.837. The molecule has 0 saturated heterocycles. The summed E-state index contributed by atoms with van der Waals surface area (Å²) in [7, 11) is 0. The van der Waals surface area contributed by atoms with Gasteiger partial charge in [-0.1, -0.05) is 11.6 Å². The third-order valence-electron chi connectivity index (χ3n) is 2.37. The number of rotatable bonds is 1. The Kier molecular flexibility index (Phi) is 2.22. The van der Waals surface area contributed by atoms with E-state index in [1.165, 1.54) is 6.33 Å². The van der Waals surface area contributed by atoms with Gasteiger partial charge in [0.05, 0.1) is 17.3 Å². The van der Waals surface area contributed by atoms with Crippen LogP contribution < -0.4 is 0 Å². The molecular formula is C10H7ClN6. The van der Waals surface area contributed by atoms with Gasteiger partial charge in [-0.05, 0) is 6.92 Å². The van der Waals surface area contributed by atoms with Gasteiger partial charge in [-0.3, -0.25) is 4.98 Å². The molecule has 0 fully saturated rings. The lowest BCUT2D eigenvalue weighted by Crippen LogP contribution is -2.04. The summed E-state index contributed by atoms with van der Waals surface area (Å²) in [5, 5.41) is 5.29. The normalized spacial score (nSPS) is 10.9. The Bertz CT molecular complexity index is 692. The Morgan fingerprint density at radius 1 is 1.12 bits per heavy atom. The first kappa shape index (κ1) is 10.1. The van der Waals surface area contributed by atoms with Crippen LogP contribution in [0.5, 0.6) is 0 Å². The molecule has 0 amide bonds. The van der Waals surface area contributed by atoms with Crippen LogP contribution in [0, 0.1) is 6.92 Å². The molecule has 7 heteroatoms. The van der Waals surface area contributed by atoms with Gasteiger partial charge in [-0.2, -0.15) is 9.78 Å². The maximum absolute atomic E-state index is 5.96. The summed E-state index contributed by atoms with van der Waals surface area (Å²) in [4.78, 5) is 16.5. The van der Waals surface area contributed by atoms with Crippen LogP contribution in [0.3, 0.4) is 0 Å². The summed E-state index contributed by atoms with van der Waals surface area (Å²) in [6.45, 7) is 1.86. The van der Waals surface area contributed by atoms with Crippen LogP contribution in [0.2, 0.25) is 5.15 Å². The summed E-state index contributed by atoms with van der Waals surface area (Å²) >= 11 is 5.96. The second-order valence-electron chi connectivity index (χ2n) is 3.42. The number of aromatic nitrogens is 6. The lowest BCUT2D eigenvalue weighted by Gasteiger charge is -2.03. The van der Waals surface area contributed by atoms with Crippen molar-refractivity contribution >= 4 is 22.6 Å². The smallest absolute Gasteiger partial charge is 0.177 e. The molecule has 0 aliphatic rings. The molecule has 0 aromatic carbocycles. The van der Waals surface area contributed by atoms with Crippen LogP contribution in [0.1, 0.15) is 5.69 Å². The quantitative estimate of drug-likeness (QED) is 0.610. The van der Waals surface area contributed by atoms with Crippen LogP contribution >= 0.6 is 11.6 Å². The third kappa shape index (κ3) is 1.53. The number of halogens is 1. The minimum atomic E-state index is 0.378. The van der Waals surface area contributed by atoms with Gasteiger partial charge in [0.15, 0.2) is 11.5 Å². The maximum Gasteiger partial charge on any atom is 0.177 e. The number of hydrogen-bond acceptors (Lipinski definition) is 5. The van der Waals surface area contributed by atoms with Crippen molar-refractivity contribution in [2.45, 2.75) is 6.92 Å². The van der Waals surface area contributed by atoms with Crippen molar-refractivity contribution in [3.63, 3.8) is 0 Å². The van der Waals surface area contributed by atoms with E-state index in [0.29, 0.717) is 22.0 Å². The zero-order valence-electron chi connectivity index (χ0n) is 8.87. The molecule has 84 valence electrons. The van der Waals surface area contributed by atoms with Gasteiger partial charge in [0.25, 0.3) is 0 Å². The Balaban J connectivity index is 2.33. The molecule has 0 aliphatic carbocycles. The molecule has 0 saturated carbocycles. The molecule has 3 rings (SSSR count). The number of fused-ring (bicyclic) bond motifs is 1. The van der Waals surface area contributed by atoms with E-state index in [4.69, 9.17) is 11.6 Å². The minimum absolute atomic E-state index is 0.378. The van der Waals surface area contributed by atoms with E-state index in [1.54, 1.807) is 23.3 Å². The summed E-state index contributed by atoms with van der Waals surface area (Å²) in [6.07, 6.45) is 6.26. The van der Waals surface area contributed by atoms with E-state index in [0.717, 1.165) is 5.69 Å². The van der Waals surface area contributed by atoms with Crippen LogP contribution in [0.25, 0.3) is 16.9 Å². The number of aryl methyl sites for hydroxylation is 1. The molecule has 17 heavy (non-hydrogen) atoms. The first-order valence-corrected chi connectivity index (χ1v) is 5.27. The largest absolute Gasteiger partial charge is 0.256 e. The highest BCUT2D eigenvalue weighted by atomic mass is 35.5. The molecule has 0 unspecified atom stereocenters. The average Bonchev–Trinajstić information content (AvgIpc) is 2.75. The summed E-state index contributed by atoms with van der Waals surface area (Å²) < 4.78 is 1.60. The van der Waals surface area contributed by atoms with Crippen LogP contribution in [0.4, 0.5) is 0 Å². The van der Waals surface area contributed by atoms with Crippen molar-refractivity contribution in [1.29, 1.82) is 0 Å². The van der Waals surface area contributed by atoms with E-state index in [1.807, 2.05) is 6.92 Å². The molecular weight excluding hydrogens is 240 g/mol. The van der Waals surface area contributed by atoms with E-state index in [-0.39, 0.29) is 0 Å². The molecule has 3 aromatic rings. The Labute approximate surface area is 101 Å². The first-order valence-electron chi connectivity index (χ1n) is 4.89. The second-order valence-corrected chi connectivity index (χ2v) is 3.78. The molecule has 0 spiro atoms. The number of hydrogen-bond donors (Lipinski definition) is 0. The van der Waals surface area contributed by atoms with Crippen LogP contribution in [-0.4, -0.2) is 29.7 Å². The van der Waals surface area contributed by atoms with Crippen molar-refractivity contribution in [2.75, 3.05) is 0 Å². The fourth-order valence-corrected chi connectivity index (χ4v) is 1.76. The summed E-state index contributed by atoms with van der Waals surface area (Å²) in [5.74, 6) is 0.636. The Hall–Kier alpha value is -2.08. The van der Waals surface area contributed by atoms with E-state index in [9.17, 15) is 0 Å². The van der Waals surface area contributed by atoms with Crippen molar-refractivity contribution in [1.82, 2.24) is 29.7 Å². The van der Waals surface area contributed by atoms with Gasteiger partial charge >= 0.3 is 0 Å². The molecule has 0 N–H and O–H groups in total. The fourth-order valence-electron chi connectivity index (χ4n) is 1.58. The highest BCUT2D eigenvalue weighted by Gasteiger charge is 2.12. The molecule has 0 bridgehead atoms. The van der Waals surface area contributed by atoms with Crippen molar-refractivity contribution < 1.29 is 0 Å². The molecule has 3 aromatic heterocycles. The highest BCUT2D eigenvalue weighted by molar-refractivity contribution is 6.33. The summed E-state index contributed by atoms with van der Waals surface area (Å²) in [6, 6.07) is 0. The van der Waals surface area contributed by atoms with Gasteiger partial charge in [0.2, 0.25) is 0 Å². The van der Waals surface area contributed by atoms with Crippen molar-refractivity contribution in [3.8, 4) is 5.82 Å². The molecule has 3 heterocycles. The van der Waals surface area contributed by atoms with E-state index in [2.05, 4.69) is 25.0 Å². The molecule has 0 radical (unpaired) electrons. The highest BCUT2D eigenvalue weighted by Crippen LogP contribution is 2.20. The van der Waals surface area contributed by atoms with Gasteiger partial charge in [-0.25, -0.2) is 15.0 Å². The lowest BCUT2D eigenvalue weighted by atomic mass is 10.4. The van der Waals surface area contributed by atoms with E-state index >= 15 is 0 Å². The molecule has 0 aliphatic heterocycles. The number of nitrogens with zero attached hydrogens (tertiary/aromatic N) is 6. The third-order valence-corrected chi connectivity index (χ3v) is 2.67. The SMILES string of the molecule is Cc1nccnc1-n1ncc2c(Cl)ncnc21. The first-order chi connectivity index (χ1) is 8.27. The zero-order valence-corrected chi connectivity index (χ0v) is 9.63. The van der Waals surface area contributed by atoms with Crippen molar-refractivity contribution in [2.24, 2.45) is 0 Å². The second kappa shape index (κ2) is 3.74. The molecule has 6 nitrogen and oxygen atoms in total. The Morgan fingerprint density at radius 2 is 1.94 bits per heavy atom. The standard InChI is InChI=1S/C10H7ClN6/c1-6-9(13-3-2-12-6)17-10-7(4-16-17)8(11)14-5-15-10/h2-5H,1H3. The predicted molar refractivity (Wildman–Crippen MR) is 62.0 cm³/mol. The van der Waals surface area contributed by atoms with Crippen molar-refractivity contribution in [3.05, 3.63) is 35.8 Å². The monoisotopic (exact) mass is 246 g/mol. The van der Waals surface area contributed by atoms with Crippen LogP contribution in [0.15, 0.2) is 24.9 Å². The fraction of sp³-hybridized carbons (Fsp3) is 0.100. The molecule has 0 atom stereocenters. The van der Waals surface area contributed by atoms with Gasteiger partial charge in [0.1, 0.15) is 11.5 Å². The minimum Gasteiger partial charge on any atom is -0.256 e. The van der Waals surface area contributed by atoms with Gasteiger partial charge in [0, 0.05) is 12.4 Å². The van der Waals surface area contributed by atoms with Crippen LogP contribution in [-0.2, 0) is 0 Å². The Morgan fingerprint density at radius 3 is 2.76 bits per heavy atom. The summed E-state index contributed by atoms with van der Waals surface area (Å²) in [5.41, 5.74) is 1.39. The topological polar surface area (TPSA) is 69.4 Å². The average molecular weight is 247 g/mol. The predicted octanol–water partition coefficient (Wildman–Crippen LogP) is 1.57. The maximum atomic E-state index is 5.96.